The van der Waals surface area contributed by atoms with Crippen molar-refractivity contribution in [3.8, 4) is 0 Å². The van der Waals surface area contributed by atoms with Gasteiger partial charge in [-0.3, -0.25) is 15.2 Å². The summed E-state index contributed by atoms with van der Waals surface area (Å²) < 4.78 is 0. The van der Waals surface area contributed by atoms with Gasteiger partial charge in [-0.05, 0) is 19.3 Å². The van der Waals surface area contributed by atoms with E-state index >= 15 is 0 Å². The van der Waals surface area contributed by atoms with E-state index < -0.39 is 0 Å². The third-order valence-electron chi connectivity index (χ3n) is 2.22. The predicted molar refractivity (Wildman–Crippen MR) is 63.7 cm³/mol. The van der Waals surface area contributed by atoms with Crippen LogP contribution in [0.2, 0.25) is 0 Å². The Balaban J connectivity index is 2.09. The first kappa shape index (κ1) is 12.8. The number of guanidine groups is 1. The van der Waals surface area contributed by atoms with Crippen LogP contribution in [0.1, 0.15) is 32.6 Å². The van der Waals surface area contributed by atoms with Gasteiger partial charge in [-0.25, -0.2) is 5.84 Å². The van der Waals surface area contributed by atoms with E-state index in [2.05, 4.69) is 21.1 Å². The summed E-state index contributed by atoms with van der Waals surface area (Å²) in [4.78, 5) is 15.5. The molecule has 1 rings (SSSR count). The fourth-order valence-electron chi connectivity index (χ4n) is 1.20. The van der Waals surface area contributed by atoms with Crippen molar-refractivity contribution in [3.05, 3.63) is 0 Å². The Morgan fingerprint density at radius 3 is 2.81 bits per heavy atom. The summed E-state index contributed by atoms with van der Waals surface area (Å²) in [6, 6.07) is 0.424. The van der Waals surface area contributed by atoms with Gasteiger partial charge < -0.3 is 10.6 Å². The molecule has 1 aliphatic carbocycles. The number of aliphatic imine (C=N–C) groups is 1. The molecule has 0 aliphatic heterocycles. The number of hydrazine groups is 1. The first-order valence-electron chi connectivity index (χ1n) is 5.80. The lowest BCUT2D eigenvalue weighted by atomic mass is 10.4. The quantitative estimate of drug-likeness (QED) is 0.212. The van der Waals surface area contributed by atoms with Crippen molar-refractivity contribution in [1.82, 2.24) is 16.1 Å². The highest BCUT2D eigenvalue weighted by Crippen LogP contribution is 2.18. The molecule has 0 aromatic carbocycles. The van der Waals surface area contributed by atoms with Crippen molar-refractivity contribution in [2.24, 2.45) is 10.8 Å². The molecule has 1 fully saturated rings. The Morgan fingerprint density at radius 1 is 1.50 bits per heavy atom. The van der Waals surface area contributed by atoms with Crippen molar-refractivity contribution < 1.29 is 4.79 Å². The third kappa shape index (κ3) is 5.55. The summed E-state index contributed by atoms with van der Waals surface area (Å²) in [5, 5.41) is 5.90. The van der Waals surface area contributed by atoms with E-state index in [0.29, 0.717) is 25.0 Å². The normalized spacial score (nSPS) is 15.8. The van der Waals surface area contributed by atoms with Crippen molar-refractivity contribution in [2.45, 2.75) is 38.6 Å². The second-order valence-corrected chi connectivity index (χ2v) is 3.89. The highest BCUT2D eigenvalue weighted by Gasteiger charge is 2.22. The number of hydrogen-bond donors (Lipinski definition) is 4. The number of amides is 1. The monoisotopic (exact) mass is 227 g/mol. The van der Waals surface area contributed by atoms with Gasteiger partial charge in [0.15, 0.2) is 0 Å². The molecular formula is C10H21N5O. The van der Waals surface area contributed by atoms with Crippen LogP contribution in [0.5, 0.6) is 0 Å². The van der Waals surface area contributed by atoms with Gasteiger partial charge >= 0.3 is 0 Å². The minimum atomic E-state index is 0.0851. The van der Waals surface area contributed by atoms with Crippen LogP contribution in [0.4, 0.5) is 0 Å². The molecule has 0 atom stereocenters. The van der Waals surface area contributed by atoms with E-state index in [1.54, 1.807) is 0 Å². The minimum absolute atomic E-state index is 0.0851. The number of rotatable bonds is 6. The Bertz CT molecular complexity index is 250. The summed E-state index contributed by atoms with van der Waals surface area (Å²) in [5.74, 6) is 5.91. The van der Waals surface area contributed by atoms with Gasteiger partial charge in [0.05, 0.1) is 0 Å². The molecule has 1 saturated carbocycles. The molecule has 0 bridgehead atoms. The zero-order chi connectivity index (χ0) is 11.8. The van der Waals surface area contributed by atoms with E-state index in [1.807, 2.05) is 6.92 Å². The molecule has 1 amide bonds. The van der Waals surface area contributed by atoms with E-state index in [1.165, 1.54) is 0 Å². The molecule has 0 unspecified atom stereocenters. The fraction of sp³-hybridized carbons (Fsp3) is 0.800. The van der Waals surface area contributed by atoms with Gasteiger partial charge in [0.25, 0.3) is 0 Å². The molecule has 0 radical (unpaired) electrons. The van der Waals surface area contributed by atoms with E-state index in [0.717, 1.165) is 25.8 Å². The highest BCUT2D eigenvalue weighted by atomic mass is 16.1. The van der Waals surface area contributed by atoms with Crippen LogP contribution >= 0.6 is 0 Å². The molecule has 1 aliphatic rings. The van der Waals surface area contributed by atoms with Crippen LogP contribution in [-0.2, 0) is 4.79 Å². The molecule has 5 N–H and O–H groups in total. The van der Waals surface area contributed by atoms with Gasteiger partial charge in [0.2, 0.25) is 11.9 Å². The number of carbonyl (C=O) groups excluding carboxylic acids is 1. The molecule has 6 nitrogen and oxygen atoms in total. The Kier molecular flexibility index (Phi) is 5.63. The second-order valence-electron chi connectivity index (χ2n) is 3.89. The van der Waals surface area contributed by atoms with Gasteiger partial charge in [0, 0.05) is 25.6 Å². The largest absolute Gasteiger partial charge is 0.355 e. The molecule has 0 heterocycles. The first-order chi connectivity index (χ1) is 7.76. The highest BCUT2D eigenvalue weighted by molar-refractivity contribution is 5.81. The Hall–Kier alpha value is -1.30. The predicted octanol–water partition coefficient (Wildman–Crippen LogP) is -0.526. The lowest BCUT2D eigenvalue weighted by Gasteiger charge is -2.08. The number of nitrogens with one attached hydrogen (secondary N) is 3. The second kappa shape index (κ2) is 7.05. The van der Waals surface area contributed by atoms with Crippen LogP contribution < -0.4 is 21.9 Å². The summed E-state index contributed by atoms with van der Waals surface area (Å²) in [5.41, 5.74) is 2.47. The van der Waals surface area contributed by atoms with Gasteiger partial charge in [-0.15, -0.1) is 0 Å². The number of carbonyl (C=O) groups is 1. The molecule has 16 heavy (non-hydrogen) atoms. The fourth-order valence-corrected chi connectivity index (χ4v) is 1.20. The molecule has 0 aromatic rings. The third-order valence-corrected chi connectivity index (χ3v) is 2.22. The summed E-state index contributed by atoms with van der Waals surface area (Å²) >= 11 is 0. The van der Waals surface area contributed by atoms with Crippen LogP contribution in [-0.4, -0.2) is 31.0 Å². The van der Waals surface area contributed by atoms with E-state index in [9.17, 15) is 4.79 Å². The van der Waals surface area contributed by atoms with Crippen molar-refractivity contribution in [3.63, 3.8) is 0 Å². The SMILES string of the molecule is CCCN=C(NN)NCCC(=O)NC1CC1. The Morgan fingerprint density at radius 2 is 2.25 bits per heavy atom. The van der Waals surface area contributed by atoms with Crippen LogP contribution in [0.15, 0.2) is 4.99 Å². The van der Waals surface area contributed by atoms with Crippen molar-refractivity contribution >= 4 is 11.9 Å². The van der Waals surface area contributed by atoms with Crippen LogP contribution in [0.3, 0.4) is 0 Å². The molecular weight excluding hydrogens is 206 g/mol. The van der Waals surface area contributed by atoms with E-state index in [-0.39, 0.29) is 5.91 Å². The van der Waals surface area contributed by atoms with Crippen LogP contribution in [0.25, 0.3) is 0 Å². The molecule has 0 aromatic heterocycles. The smallest absolute Gasteiger partial charge is 0.221 e. The molecule has 0 spiro atoms. The maximum absolute atomic E-state index is 11.3. The molecule has 0 saturated heterocycles. The number of hydrogen-bond acceptors (Lipinski definition) is 3. The van der Waals surface area contributed by atoms with Gasteiger partial charge in [0.1, 0.15) is 0 Å². The van der Waals surface area contributed by atoms with Gasteiger partial charge in [-0.1, -0.05) is 6.92 Å². The standard InChI is InChI=1S/C10H21N5O/c1-2-6-12-10(15-11)13-7-5-9(16)14-8-3-4-8/h8H,2-7,11H2,1H3,(H,14,16)(H2,12,13,15). The summed E-state index contributed by atoms with van der Waals surface area (Å²) in [6.45, 7) is 3.31. The molecule has 6 heteroatoms. The topological polar surface area (TPSA) is 91.5 Å². The average molecular weight is 227 g/mol. The van der Waals surface area contributed by atoms with Crippen molar-refractivity contribution in [1.29, 1.82) is 0 Å². The lowest BCUT2D eigenvalue weighted by molar-refractivity contribution is -0.121. The zero-order valence-corrected chi connectivity index (χ0v) is 9.75. The zero-order valence-electron chi connectivity index (χ0n) is 9.75. The molecule has 92 valence electrons. The maximum Gasteiger partial charge on any atom is 0.221 e. The van der Waals surface area contributed by atoms with Crippen molar-refractivity contribution in [2.75, 3.05) is 13.1 Å². The maximum atomic E-state index is 11.3. The Labute approximate surface area is 96.0 Å². The lowest BCUT2D eigenvalue weighted by Crippen LogP contribution is -2.43. The number of nitrogens with zero attached hydrogens (tertiary/aromatic N) is 1. The average Bonchev–Trinajstić information content (AvgIpc) is 3.07. The van der Waals surface area contributed by atoms with E-state index in [4.69, 9.17) is 5.84 Å². The first-order valence-corrected chi connectivity index (χ1v) is 5.80. The summed E-state index contributed by atoms with van der Waals surface area (Å²) in [7, 11) is 0. The van der Waals surface area contributed by atoms with Gasteiger partial charge in [-0.2, -0.15) is 0 Å². The van der Waals surface area contributed by atoms with Crippen LogP contribution in [0, 0.1) is 0 Å². The summed E-state index contributed by atoms with van der Waals surface area (Å²) in [6.07, 6.45) is 3.65. The minimum Gasteiger partial charge on any atom is -0.355 e. The number of nitrogens with two attached hydrogens (primary N) is 1.